The Labute approximate surface area is 74.5 Å². The molecule has 0 bridgehead atoms. The molecule has 0 radical (unpaired) electrons. The van der Waals surface area contributed by atoms with E-state index in [0.717, 1.165) is 19.4 Å². The smallest absolute Gasteiger partial charge is 0.0683 e. The van der Waals surface area contributed by atoms with Gasteiger partial charge in [0.25, 0.3) is 0 Å². The van der Waals surface area contributed by atoms with Crippen molar-refractivity contribution in [1.29, 1.82) is 5.26 Å². The summed E-state index contributed by atoms with van der Waals surface area (Å²) < 4.78 is 5.48. The van der Waals surface area contributed by atoms with E-state index in [2.05, 4.69) is 6.07 Å². The fourth-order valence-electron chi connectivity index (χ4n) is 1.45. The van der Waals surface area contributed by atoms with Gasteiger partial charge in [0, 0.05) is 6.61 Å². The van der Waals surface area contributed by atoms with E-state index in [4.69, 9.17) is 10.00 Å². The van der Waals surface area contributed by atoms with Crippen molar-refractivity contribution in [3.05, 3.63) is 0 Å². The van der Waals surface area contributed by atoms with Crippen LogP contribution in [-0.4, -0.2) is 12.7 Å². The summed E-state index contributed by atoms with van der Waals surface area (Å²) in [6.07, 6.45) is 4.80. The minimum absolute atomic E-state index is 0.175. The summed E-state index contributed by atoms with van der Waals surface area (Å²) in [6.45, 7) is 4.89. The average molecular weight is 167 g/mol. The zero-order valence-electron chi connectivity index (χ0n) is 7.97. The van der Waals surface area contributed by atoms with Crippen molar-refractivity contribution >= 4 is 0 Å². The largest absolute Gasteiger partial charge is 0.378 e. The molecular weight excluding hydrogens is 150 g/mol. The molecule has 1 unspecified atom stereocenters. The molecule has 1 aliphatic heterocycles. The van der Waals surface area contributed by atoms with Gasteiger partial charge >= 0.3 is 0 Å². The molecule has 1 heterocycles. The summed E-state index contributed by atoms with van der Waals surface area (Å²) in [5.41, 5.74) is -0.175. The fourth-order valence-corrected chi connectivity index (χ4v) is 1.45. The van der Waals surface area contributed by atoms with E-state index in [-0.39, 0.29) is 5.41 Å². The molecule has 0 aromatic rings. The highest BCUT2D eigenvalue weighted by Crippen LogP contribution is 2.25. The van der Waals surface area contributed by atoms with Crippen LogP contribution in [0.3, 0.4) is 0 Å². The number of hydrogen-bond donors (Lipinski definition) is 0. The third-order valence-corrected chi connectivity index (χ3v) is 2.42. The number of nitriles is 1. The van der Waals surface area contributed by atoms with E-state index in [1.807, 2.05) is 13.8 Å². The van der Waals surface area contributed by atoms with Gasteiger partial charge in [-0.25, -0.2) is 0 Å². The van der Waals surface area contributed by atoms with Crippen molar-refractivity contribution in [3.63, 3.8) is 0 Å². The number of rotatable bonds is 3. The van der Waals surface area contributed by atoms with Crippen molar-refractivity contribution in [3.8, 4) is 6.07 Å². The molecule has 2 heteroatoms. The van der Waals surface area contributed by atoms with Crippen LogP contribution >= 0.6 is 0 Å². The quantitative estimate of drug-likeness (QED) is 0.647. The van der Waals surface area contributed by atoms with Gasteiger partial charge in [-0.15, -0.1) is 0 Å². The monoisotopic (exact) mass is 167 g/mol. The van der Waals surface area contributed by atoms with Gasteiger partial charge < -0.3 is 4.74 Å². The Hall–Kier alpha value is -0.550. The molecule has 0 aliphatic carbocycles. The maximum absolute atomic E-state index is 8.78. The van der Waals surface area contributed by atoms with E-state index in [1.165, 1.54) is 12.8 Å². The third-order valence-electron chi connectivity index (χ3n) is 2.42. The second-order valence-corrected chi connectivity index (χ2v) is 4.17. The average Bonchev–Trinajstić information content (AvgIpc) is 2.53. The highest BCUT2D eigenvalue weighted by Gasteiger charge is 2.21. The Bertz CT molecular complexity index is 175. The van der Waals surface area contributed by atoms with Gasteiger partial charge in [-0.05, 0) is 39.5 Å². The predicted octanol–water partition coefficient (Wildman–Crippen LogP) is 2.50. The number of nitrogens with zero attached hydrogens (tertiary/aromatic N) is 1. The molecule has 0 aromatic carbocycles. The van der Waals surface area contributed by atoms with Crippen LogP contribution in [0.5, 0.6) is 0 Å². The molecule has 0 aromatic heterocycles. The third kappa shape index (κ3) is 2.83. The van der Waals surface area contributed by atoms with Crippen LogP contribution in [-0.2, 0) is 4.74 Å². The van der Waals surface area contributed by atoms with Crippen molar-refractivity contribution in [2.24, 2.45) is 5.41 Å². The molecule has 0 saturated carbocycles. The summed E-state index contributed by atoms with van der Waals surface area (Å²) in [5.74, 6) is 0. The molecule has 1 saturated heterocycles. The summed E-state index contributed by atoms with van der Waals surface area (Å²) in [7, 11) is 0. The molecule has 0 N–H and O–H groups in total. The van der Waals surface area contributed by atoms with Gasteiger partial charge in [0.1, 0.15) is 0 Å². The molecular formula is C10H17NO. The molecule has 0 spiro atoms. The topological polar surface area (TPSA) is 33.0 Å². The van der Waals surface area contributed by atoms with Crippen LogP contribution in [0.4, 0.5) is 0 Å². The van der Waals surface area contributed by atoms with E-state index in [1.54, 1.807) is 0 Å². The lowest BCUT2D eigenvalue weighted by molar-refractivity contribution is 0.0961. The molecule has 1 fully saturated rings. The highest BCUT2D eigenvalue weighted by atomic mass is 16.5. The normalized spacial score (nSPS) is 23.9. The number of hydrogen-bond acceptors (Lipinski definition) is 2. The van der Waals surface area contributed by atoms with Gasteiger partial charge in [-0.3, -0.25) is 0 Å². The molecule has 68 valence electrons. The zero-order chi connectivity index (χ0) is 9.03. The van der Waals surface area contributed by atoms with Crippen LogP contribution in [0.25, 0.3) is 0 Å². The van der Waals surface area contributed by atoms with Gasteiger partial charge in [0.2, 0.25) is 0 Å². The van der Waals surface area contributed by atoms with Gasteiger partial charge in [0.15, 0.2) is 0 Å². The Morgan fingerprint density at radius 1 is 1.58 bits per heavy atom. The maximum Gasteiger partial charge on any atom is 0.0683 e. The standard InChI is InChI=1S/C10H17NO/c1-10(2,8-11)6-5-9-4-3-7-12-9/h9H,3-7H2,1-2H3. The van der Waals surface area contributed by atoms with Crippen molar-refractivity contribution in [2.75, 3.05) is 6.61 Å². The lowest BCUT2D eigenvalue weighted by Crippen LogP contribution is -2.13. The van der Waals surface area contributed by atoms with Gasteiger partial charge in [-0.1, -0.05) is 0 Å². The Morgan fingerprint density at radius 2 is 2.33 bits per heavy atom. The van der Waals surface area contributed by atoms with Crippen LogP contribution in [0.1, 0.15) is 39.5 Å². The first-order valence-corrected chi connectivity index (χ1v) is 4.67. The molecule has 0 amide bonds. The molecule has 1 atom stereocenters. The Morgan fingerprint density at radius 3 is 2.83 bits per heavy atom. The van der Waals surface area contributed by atoms with Crippen LogP contribution in [0.2, 0.25) is 0 Å². The summed E-state index contributed by atoms with van der Waals surface area (Å²) in [5, 5.41) is 8.78. The summed E-state index contributed by atoms with van der Waals surface area (Å²) in [6, 6.07) is 2.31. The van der Waals surface area contributed by atoms with Crippen molar-refractivity contribution in [2.45, 2.75) is 45.6 Å². The van der Waals surface area contributed by atoms with Crippen LogP contribution in [0, 0.1) is 16.7 Å². The Kier molecular flexibility index (Phi) is 3.11. The van der Waals surface area contributed by atoms with Crippen molar-refractivity contribution < 1.29 is 4.74 Å². The first kappa shape index (κ1) is 9.54. The molecule has 12 heavy (non-hydrogen) atoms. The molecule has 2 nitrogen and oxygen atoms in total. The molecule has 1 aliphatic rings. The van der Waals surface area contributed by atoms with E-state index in [9.17, 15) is 0 Å². The zero-order valence-corrected chi connectivity index (χ0v) is 7.97. The predicted molar refractivity (Wildman–Crippen MR) is 47.6 cm³/mol. The maximum atomic E-state index is 8.78. The van der Waals surface area contributed by atoms with Crippen LogP contribution in [0.15, 0.2) is 0 Å². The first-order valence-electron chi connectivity index (χ1n) is 4.67. The second kappa shape index (κ2) is 3.91. The first-order chi connectivity index (χ1) is 5.64. The number of ether oxygens (including phenoxy) is 1. The minimum Gasteiger partial charge on any atom is -0.378 e. The molecule has 1 rings (SSSR count). The fraction of sp³-hybridized carbons (Fsp3) is 0.900. The Balaban J connectivity index is 2.21. The summed E-state index contributed by atoms with van der Waals surface area (Å²) >= 11 is 0. The SMILES string of the molecule is CC(C)(C#N)CCC1CCCO1. The van der Waals surface area contributed by atoms with Crippen LogP contribution < -0.4 is 0 Å². The summed E-state index contributed by atoms with van der Waals surface area (Å²) in [4.78, 5) is 0. The van der Waals surface area contributed by atoms with E-state index < -0.39 is 0 Å². The van der Waals surface area contributed by atoms with E-state index >= 15 is 0 Å². The lowest BCUT2D eigenvalue weighted by atomic mass is 9.88. The highest BCUT2D eigenvalue weighted by molar-refractivity contribution is 4.92. The van der Waals surface area contributed by atoms with Gasteiger partial charge in [-0.2, -0.15) is 5.26 Å². The minimum atomic E-state index is -0.175. The van der Waals surface area contributed by atoms with E-state index in [0.29, 0.717) is 6.10 Å². The second-order valence-electron chi connectivity index (χ2n) is 4.17. The van der Waals surface area contributed by atoms with Crippen molar-refractivity contribution in [1.82, 2.24) is 0 Å². The lowest BCUT2D eigenvalue weighted by Gasteiger charge is -2.17. The van der Waals surface area contributed by atoms with Gasteiger partial charge in [0.05, 0.1) is 17.6 Å².